The maximum absolute atomic E-state index is 9.66. The summed E-state index contributed by atoms with van der Waals surface area (Å²) >= 11 is 0. The van der Waals surface area contributed by atoms with Gasteiger partial charge in [0.2, 0.25) is 0 Å². The number of rotatable bonds is 1. The van der Waals surface area contributed by atoms with Crippen molar-refractivity contribution in [2.45, 2.75) is 13.3 Å². The molecule has 1 heterocycles. The van der Waals surface area contributed by atoms with Gasteiger partial charge < -0.3 is 10.2 Å². The van der Waals surface area contributed by atoms with Gasteiger partial charge in [-0.1, -0.05) is 6.92 Å². The van der Waals surface area contributed by atoms with E-state index in [4.69, 9.17) is 0 Å². The summed E-state index contributed by atoms with van der Waals surface area (Å²) < 4.78 is 0. The number of hydrogen-bond acceptors (Lipinski definition) is 3. The highest BCUT2D eigenvalue weighted by atomic mass is 16.3. The SMILES string of the molecule is CCc1ccnc2cc(O)cc(O)c12. The summed E-state index contributed by atoms with van der Waals surface area (Å²) in [7, 11) is 0. The molecule has 0 unspecified atom stereocenters. The van der Waals surface area contributed by atoms with E-state index < -0.39 is 0 Å². The van der Waals surface area contributed by atoms with Crippen LogP contribution < -0.4 is 0 Å². The van der Waals surface area contributed by atoms with E-state index in [-0.39, 0.29) is 11.5 Å². The molecule has 1 aromatic carbocycles. The van der Waals surface area contributed by atoms with E-state index in [1.807, 2.05) is 13.0 Å². The zero-order valence-corrected chi connectivity index (χ0v) is 7.86. The highest BCUT2D eigenvalue weighted by Gasteiger charge is 2.06. The Bertz CT molecular complexity index is 480. The molecular weight excluding hydrogens is 178 g/mol. The molecule has 0 spiro atoms. The van der Waals surface area contributed by atoms with Crippen molar-refractivity contribution in [2.24, 2.45) is 0 Å². The second kappa shape index (κ2) is 3.18. The molecule has 0 amide bonds. The topological polar surface area (TPSA) is 53.4 Å². The first-order valence-corrected chi connectivity index (χ1v) is 4.52. The van der Waals surface area contributed by atoms with Gasteiger partial charge in [-0.15, -0.1) is 0 Å². The van der Waals surface area contributed by atoms with Gasteiger partial charge in [0.15, 0.2) is 0 Å². The molecule has 2 rings (SSSR count). The van der Waals surface area contributed by atoms with Crippen molar-refractivity contribution >= 4 is 10.9 Å². The normalized spacial score (nSPS) is 10.6. The highest BCUT2D eigenvalue weighted by molar-refractivity contribution is 5.89. The first-order chi connectivity index (χ1) is 6.72. The predicted octanol–water partition coefficient (Wildman–Crippen LogP) is 2.21. The van der Waals surface area contributed by atoms with Crippen LogP contribution in [0, 0.1) is 0 Å². The van der Waals surface area contributed by atoms with Crippen LogP contribution in [-0.2, 0) is 6.42 Å². The van der Waals surface area contributed by atoms with Crippen LogP contribution in [0.1, 0.15) is 12.5 Å². The Balaban J connectivity index is 2.87. The lowest BCUT2D eigenvalue weighted by molar-refractivity contribution is 0.455. The minimum Gasteiger partial charge on any atom is -0.508 e. The van der Waals surface area contributed by atoms with Crippen molar-refractivity contribution in [1.29, 1.82) is 0 Å². The number of aryl methyl sites for hydroxylation is 1. The quantitative estimate of drug-likeness (QED) is 0.723. The third-order valence-electron chi connectivity index (χ3n) is 2.27. The van der Waals surface area contributed by atoms with Gasteiger partial charge in [-0.2, -0.15) is 0 Å². The Morgan fingerprint density at radius 1 is 1.29 bits per heavy atom. The summed E-state index contributed by atoms with van der Waals surface area (Å²) in [6, 6.07) is 4.76. The van der Waals surface area contributed by atoms with Crippen molar-refractivity contribution in [3.8, 4) is 11.5 Å². The van der Waals surface area contributed by atoms with Gasteiger partial charge in [0.1, 0.15) is 11.5 Å². The van der Waals surface area contributed by atoms with Gasteiger partial charge >= 0.3 is 0 Å². The van der Waals surface area contributed by atoms with E-state index in [1.165, 1.54) is 6.07 Å². The van der Waals surface area contributed by atoms with Crippen molar-refractivity contribution in [2.75, 3.05) is 0 Å². The third kappa shape index (κ3) is 1.27. The van der Waals surface area contributed by atoms with Crippen LogP contribution in [0.3, 0.4) is 0 Å². The minimum atomic E-state index is 0.0377. The van der Waals surface area contributed by atoms with Gasteiger partial charge in [0.05, 0.1) is 5.52 Å². The molecule has 0 aliphatic rings. The summed E-state index contributed by atoms with van der Waals surface area (Å²) in [6.45, 7) is 2.01. The summed E-state index contributed by atoms with van der Waals surface area (Å²) in [5, 5.41) is 19.7. The van der Waals surface area contributed by atoms with Crippen LogP contribution in [0.15, 0.2) is 24.4 Å². The standard InChI is InChI=1S/C11H11NO2/c1-2-7-3-4-12-9-5-8(13)6-10(14)11(7)9/h3-6,13-14H,2H2,1H3. The molecule has 0 aliphatic carbocycles. The molecular formula is C11H11NO2. The number of nitrogens with zero attached hydrogens (tertiary/aromatic N) is 1. The first-order valence-electron chi connectivity index (χ1n) is 4.52. The van der Waals surface area contributed by atoms with Gasteiger partial charge in [0, 0.05) is 23.7 Å². The number of aromatic nitrogens is 1. The molecule has 2 N–H and O–H groups in total. The molecule has 14 heavy (non-hydrogen) atoms. The van der Waals surface area contributed by atoms with Crippen molar-refractivity contribution in [3.05, 3.63) is 30.0 Å². The number of benzene rings is 1. The lowest BCUT2D eigenvalue weighted by Crippen LogP contribution is -1.86. The second-order valence-corrected chi connectivity index (χ2v) is 3.18. The molecule has 0 saturated carbocycles. The van der Waals surface area contributed by atoms with Crippen LogP contribution >= 0.6 is 0 Å². The number of pyridine rings is 1. The van der Waals surface area contributed by atoms with Crippen LogP contribution in [0.4, 0.5) is 0 Å². The lowest BCUT2D eigenvalue weighted by Gasteiger charge is -2.05. The van der Waals surface area contributed by atoms with Crippen LogP contribution in [0.25, 0.3) is 10.9 Å². The molecule has 2 aromatic rings. The maximum atomic E-state index is 9.66. The van der Waals surface area contributed by atoms with Crippen LogP contribution in [0.5, 0.6) is 11.5 Å². The number of fused-ring (bicyclic) bond motifs is 1. The van der Waals surface area contributed by atoms with E-state index in [1.54, 1.807) is 12.3 Å². The largest absolute Gasteiger partial charge is 0.508 e. The lowest BCUT2D eigenvalue weighted by atomic mass is 10.1. The van der Waals surface area contributed by atoms with Crippen LogP contribution in [0.2, 0.25) is 0 Å². The van der Waals surface area contributed by atoms with Crippen molar-refractivity contribution < 1.29 is 10.2 Å². The maximum Gasteiger partial charge on any atom is 0.128 e. The molecule has 0 radical (unpaired) electrons. The van der Waals surface area contributed by atoms with Gasteiger partial charge in [-0.05, 0) is 18.1 Å². The Morgan fingerprint density at radius 2 is 2.07 bits per heavy atom. The summed E-state index contributed by atoms with van der Waals surface area (Å²) in [4.78, 5) is 4.09. The predicted molar refractivity (Wildman–Crippen MR) is 54.5 cm³/mol. The van der Waals surface area contributed by atoms with E-state index in [9.17, 15) is 10.2 Å². The highest BCUT2D eigenvalue weighted by Crippen LogP contribution is 2.30. The van der Waals surface area contributed by atoms with E-state index in [0.717, 1.165) is 17.4 Å². The summed E-state index contributed by atoms with van der Waals surface area (Å²) in [6.07, 6.45) is 2.51. The zero-order chi connectivity index (χ0) is 10.1. The minimum absolute atomic E-state index is 0.0377. The molecule has 0 saturated heterocycles. The monoisotopic (exact) mass is 189 g/mol. The van der Waals surface area contributed by atoms with Gasteiger partial charge in [-0.3, -0.25) is 4.98 Å². The zero-order valence-electron chi connectivity index (χ0n) is 7.86. The van der Waals surface area contributed by atoms with E-state index in [2.05, 4.69) is 4.98 Å². The van der Waals surface area contributed by atoms with Gasteiger partial charge in [-0.25, -0.2) is 0 Å². The Hall–Kier alpha value is -1.77. The first kappa shape index (κ1) is 8.81. The molecule has 0 fully saturated rings. The third-order valence-corrected chi connectivity index (χ3v) is 2.27. The summed E-state index contributed by atoms with van der Waals surface area (Å²) in [5.74, 6) is 0.126. The number of hydrogen-bond donors (Lipinski definition) is 2. The molecule has 3 nitrogen and oxygen atoms in total. The van der Waals surface area contributed by atoms with Gasteiger partial charge in [0.25, 0.3) is 0 Å². The number of phenols is 2. The smallest absolute Gasteiger partial charge is 0.128 e. The molecule has 0 bridgehead atoms. The summed E-state index contributed by atoms with van der Waals surface area (Å²) in [5.41, 5.74) is 1.66. The van der Waals surface area contributed by atoms with E-state index >= 15 is 0 Å². The number of phenolic OH excluding ortho intramolecular Hbond substituents is 2. The Kier molecular flexibility index (Phi) is 2.00. The molecule has 0 aliphatic heterocycles. The fourth-order valence-corrected chi connectivity index (χ4v) is 1.61. The molecule has 72 valence electrons. The van der Waals surface area contributed by atoms with Crippen molar-refractivity contribution in [3.63, 3.8) is 0 Å². The van der Waals surface area contributed by atoms with Crippen molar-refractivity contribution in [1.82, 2.24) is 4.98 Å². The Morgan fingerprint density at radius 3 is 2.79 bits per heavy atom. The molecule has 3 heteroatoms. The molecule has 0 atom stereocenters. The molecule has 1 aromatic heterocycles. The average molecular weight is 189 g/mol. The fraction of sp³-hybridized carbons (Fsp3) is 0.182. The average Bonchev–Trinajstić information content (AvgIpc) is 2.16. The van der Waals surface area contributed by atoms with Crippen LogP contribution in [-0.4, -0.2) is 15.2 Å². The second-order valence-electron chi connectivity index (χ2n) is 3.18. The van der Waals surface area contributed by atoms with E-state index in [0.29, 0.717) is 5.52 Å². The number of aromatic hydroxyl groups is 2. The Labute approximate surface area is 81.7 Å². The fourth-order valence-electron chi connectivity index (χ4n) is 1.61.